The van der Waals surface area contributed by atoms with E-state index in [1.165, 1.54) is 7.11 Å². The highest BCUT2D eigenvalue weighted by Crippen LogP contribution is 2.49. The van der Waals surface area contributed by atoms with Crippen molar-refractivity contribution in [2.24, 2.45) is 5.73 Å². The minimum Gasteiger partial charge on any atom is -0.504 e. The largest absolute Gasteiger partial charge is 0.504 e. The van der Waals surface area contributed by atoms with Crippen molar-refractivity contribution in [3.8, 4) is 28.4 Å². The zero-order valence-corrected chi connectivity index (χ0v) is 14.8. The molecule has 1 aliphatic carbocycles. The van der Waals surface area contributed by atoms with Crippen LogP contribution in [0.5, 0.6) is 17.2 Å². The highest BCUT2D eigenvalue weighted by molar-refractivity contribution is 5.82. The molecule has 1 unspecified atom stereocenters. The van der Waals surface area contributed by atoms with Gasteiger partial charge in [-0.15, -0.1) is 0 Å². The van der Waals surface area contributed by atoms with E-state index in [0.717, 1.165) is 27.8 Å². The summed E-state index contributed by atoms with van der Waals surface area (Å²) in [5.74, 6) is 0.783. The van der Waals surface area contributed by atoms with Crippen LogP contribution in [0.4, 0.5) is 0 Å². The summed E-state index contributed by atoms with van der Waals surface area (Å²) < 4.78 is 10.9. The predicted octanol–water partition coefficient (Wildman–Crippen LogP) is 2.95. The lowest BCUT2D eigenvalue weighted by Gasteiger charge is -2.17. The van der Waals surface area contributed by atoms with Crippen molar-refractivity contribution in [2.45, 2.75) is 32.2 Å². The Morgan fingerprint density at radius 2 is 1.92 bits per heavy atom. The second-order valence-electron chi connectivity index (χ2n) is 6.23. The average molecular weight is 341 g/mol. The number of phenolic OH excluding ortho intramolecular Hbond substituents is 1. The van der Waals surface area contributed by atoms with Crippen molar-refractivity contribution in [3.63, 3.8) is 0 Å². The summed E-state index contributed by atoms with van der Waals surface area (Å²) in [6.45, 7) is 1.96. The molecular weight excluding hydrogens is 318 g/mol. The molecule has 1 atom stereocenters. The van der Waals surface area contributed by atoms with Gasteiger partial charge in [0.1, 0.15) is 0 Å². The van der Waals surface area contributed by atoms with Crippen molar-refractivity contribution in [1.82, 2.24) is 0 Å². The maximum absolute atomic E-state index is 12.5. The lowest BCUT2D eigenvalue weighted by molar-refractivity contribution is 0.333. The molecule has 0 heterocycles. The fourth-order valence-electron chi connectivity index (χ4n) is 3.53. The third kappa shape index (κ3) is 2.85. The van der Waals surface area contributed by atoms with Crippen LogP contribution < -0.4 is 20.6 Å². The van der Waals surface area contributed by atoms with Gasteiger partial charge < -0.3 is 20.3 Å². The van der Waals surface area contributed by atoms with Gasteiger partial charge in [0.05, 0.1) is 14.2 Å². The first-order valence-corrected chi connectivity index (χ1v) is 8.41. The molecule has 132 valence electrons. The van der Waals surface area contributed by atoms with E-state index in [2.05, 4.69) is 0 Å². The summed E-state index contributed by atoms with van der Waals surface area (Å²) in [6, 6.07) is 6.86. The Morgan fingerprint density at radius 3 is 2.56 bits per heavy atom. The molecule has 0 radical (unpaired) electrons. The molecule has 0 aromatic heterocycles. The predicted molar refractivity (Wildman–Crippen MR) is 97.5 cm³/mol. The van der Waals surface area contributed by atoms with Gasteiger partial charge in [0.15, 0.2) is 16.9 Å². The standard InChI is InChI=1S/C20H23NO4/c1-4-11-5-7-13-14(10-16(11)22)15(21)8-6-12-9-17(23)19(24-2)20(25-3)18(12)13/h5,7,9-10,15,23H,4,6,8,21H2,1-3H3. The Bertz CT molecular complexity index is 876. The first-order valence-electron chi connectivity index (χ1n) is 8.41. The number of methoxy groups -OCH3 is 2. The molecule has 3 N–H and O–H groups in total. The molecule has 2 aromatic carbocycles. The average Bonchev–Trinajstić information content (AvgIpc) is 2.84. The molecule has 0 amide bonds. The lowest BCUT2D eigenvalue weighted by atomic mass is 9.95. The van der Waals surface area contributed by atoms with Gasteiger partial charge in [-0.25, -0.2) is 0 Å². The Hall–Kier alpha value is -2.53. The normalized spacial score (nSPS) is 15.8. The van der Waals surface area contributed by atoms with E-state index in [1.54, 1.807) is 19.2 Å². The molecule has 5 heteroatoms. The zero-order chi connectivity index (χ0) is 18.1. The van der Waals surface area contributed by atoms with Crippen LogP contribution >= 0.6 is 0 Å². The molecule has 5 nitrogen and oxygen atoms in total. The molecule has 25 heavy (non-hydrogen) atoms. The van der Waals surface area contributed by atoms with Crippen LogP contribution in [0.2, 0.25) is 0 Å². The SMILES string of the molecule is CCc1ccc2c(cc1=O)C(N)CCc1cc(O)c(OC)c(OC)c1-2. The van der Waals surface area contributed by atoms with Crippen LogP contribution in [0.1, 0.15) is 36.1 Å². The number of rotatable bonds is 3. The molecule has 2 aromatic rings. The number of fused-ring (bicyclic) bond motifs is 3. The molecule has 0 saturated heterocycles. The third-order valence-corrected chi connectivity index (χ3v) is 4.85. The van der Waals surface area contributed by atoms with Gasteiger partial charge in [0.25, 0.3) is 0 Å². The molecule has 3 rings (SSSR count). The molecule has 0 spiro atoms. The fraction of sp³-hybridized carbons (Fsp3) is 0.350. The van der Waals surface area contributed by atoms with Crippen LogP contribution in [0.3, 0.4) is 0 Å². The van der Waals surface area contributed by atoms with Crippen molar-refractivity contribution in [2.75, 3.05) is 14.2 Å². The highest BCUT2D eigenvalue weighted by atomic mass is 16.5. The minimum atomic E-state index is -0.259. The number of ether oxygens (including phenoxy) is 2. The summed E-state index contributed by atoms with van der Waals surface area (Å²) >= 11 is 0. The van der Waals surface area contributed by atoms with E-state index in [-0.39, 0.29) is 23.0 Å². The molecule has 0 fully saturated rings. The number of nitrogens with two attached hydrogens (primary N) is 1. The van der Waals surface area contributed by atoms with Crippen LogP contribution in [-0.4, -0.2) is 19.3 Å². The number of benzene rings is 1. The van der Waals surface area contributed by atoms with Gasteiger partial charge in [0.2, 0.25) is 5.75 Å². The van der Waals surface area contributed by atoms with E-state index in [9.17, 15) is 9.90 Å². The van der Waals surface area contributed by atoms with E-state index in [4.69, 9.17) is 15.2 Å². The zero-order valence-electron chi connectivity index (χ0n) is 14.8. The third-order valence-electron chi connectivity index (χ3n) is 4.85. The monoisotopic (exact) mass is 341 g/mol. The van der Waals surface area contributed by atoms with Crippen molar-refractivity contribution in [3.05, 3.63) is 51.2 Å². The smallest absolute Gasteiger partial charge is 0.203 e. The van der Waals surface area contributed by atoms with Crippen LogP contribution in [0, 0.1) is 0 Å². The van der Waals surface area contributed by atoms with E-state index >= 15 is 0 Å². The summed E-state index contributed by atoms with van der Waals surface area (Å²) in [5.41, 5.74) is 10.5. The van der Waals surface area contributed by atoms with Gasteiger partial charge in [-0.1, -0.05) is 19.1 Å². The molecule has 0 bridgehead atoms. The van der Waals surface area contributed by atoms with Crippen LogP contribution in [0.25, 0.3) is 11.1 Å². The summed E-state index contributed by atoms with van der Waals surface area (Å²) in [5, 5.41) is 10.3. The van der Waals surface area contributed by atoms with Crippen LogP contribution in [0.15, 0.2) is 29.1 Å². The lowest BCUT2D eigenvalue weighted by Crippen LogP contribution is -2.12. The second kappa shape index (κ2) is 6.76. The van der Waals surface area contributed by atoms with Crippen molar-refractivity contribution < 1.29 is 14.6 Å². The highest BCUT2D eigenvalue weighted by Gasteiger charge is 2.27. The molecular formula is C20H23NO4. The summed E-state index contributed by atoms with van der Waals surface area (Å²) in [4.78, 5) is 12.5. The van der Waals surface area contributed by atoms with E-state index in [1.807, 2.05) is 19.1 Å². The minimum absolute atomic E-state index is 0.00707. The van der Waals surface area contributed by atoms with Crippen molar-refractivity contribution in [1.29, 1.82) is 0 Å². The van der Waals surface area contributed by atoms with Gasteiger partial charge in [-0.2, -0.15) is 0 Å². The van der Waals surface area contributed by atoms with Gasteiger partial charge in [-0.3, -0.25) is 4.79 Å². The number of hydrogen-bond donors (Lipinski definition) is 2. The number of aryl methyl sites for hydroxylation is 2. The van der Waals surface area contributed by atoms with Gasteiger partial charge in [-0.05, 0) is 53.6 Å². The number of hydrogen-bond acceptors (Lipinski definition) is 5. The molecule has 0 saturated carbocycles. The summed E-state index contributed by atoms with van der Waals surface area (Å²) in [7, 11) is 3.03. The van der Waals surface area contributed by atoms with E-state index < -0.39 is 0 Å². The fourth-order valence-corrected chi connectivity index (χ4v) is 3.53. The van der Waals surface area contributed by atoms with Gasteiger partial charge in [0, 0.05) is 11.6 Å². The van der Waals surface area contributed by atoms with Crippen molar-refractivity contribution >= 4 is 0 Å². The maximum Gasteiger partial charge on any atom is 0.203 e. The van der Waals surface area contributed by atoms with Crippen LogP contribution in [-0.2, 0) is 12.8 Å². The Labute approximate surface area is 147 Å². The first kappa shape index (κ1) is 17.3. The molecule has 1 aliphatic rings. The second-order valence-corrected chi connectivity index (χ2v) is 6.23. The maximum atomic E-state index is 12.5. The summed E-state index contributed by atoms with van der Waals surface area (Å²) in [6.07, 6.45) is 2.02. The van der Waals surface area contributed by atoms with E-state index in [0.29, 0.717) is 25.0 Å². The Balaban J connectivity index is 2.44. The molecule has 0 aliphatic heterocycles. The van der Waals surface area contributed by atoms with Gasteiger partial charge >= 0.3 is 0 Å². The Morgan fingerprint density at radius 1 is 1.20 bits per heavy atom. The first-order chi connectivity index (χ1) is 12.0. The number of phenols is 1. The Kier molecular flexibility index (Phi) is 4.68. The quantitative estimate of drug-likeness (QED) is 0.897. The number of aromatic hydroxyl groups is 1. The topological polar surface area (TPSA) is 81.8 Å².